The van der Waals surface area contributed by atoms with Crippen molar-refractivity contribution in [1.29, 1.82) is 0 Å². The van der Waals surface area contributed by atoms with Gasteiger partial charge in [-0.1, -0.05) is 26.7 Å². The van der Waals surface area contributed by atoms with Gasteiger partial charge in [0.15, 0.2) is 0 Å². The van der Waals surface area contributed by atoms with Crippen LogP contribution in [0.2, 0.25) is 0 Å². The highest BCUT2D eigenvalue weighted by molar-refractivity contribution is 5.76. The lowest BCUT2D eigenvalue weighted by Gasteiger charge is -2.19. The summed E-state index contributed by atoms with van der Waals surface area (Å²) < 4.78 is 0. The second-order valence-corrected chi connectivity index (χ2v) is 5.07. The third-order valence-corrected chi connectivity index (χ3v) is 3.50. The number of carbonyl (C=O) groups excluding carboxylic acids is 1. The van der Waals surface area contributed by atoms with Crippen molar-refractivity contribution in [3.8, 4) is 0 Å². The molecular formula is C14H28N2O. The average Bonchev–Trinajstić information content (AvgIpc) is 2.83. The molecule has 0 bridgehead atoms. The molecule has 1 N–H and O–H groups in total. The van der Waals surface area contributed by atoms with Gasteiger partial charge in [-0.15, -0.1) is 0 Å². The Balaban J connectivity index is 2.13. The standard InChI is InChI=1S/C14H28N2O/c1-3-7-13(8-4-2)15-10-9-14(17)16-11-5-6-12-16/h13,15H,3-12H2,1-2H3. The summed E-state index contributed by atoms with van der Waals surface area (Å²) in [6.45, 7) is 7.25. The molecule has 3 nitrogen and oxygen atoms in total. The normalized spacial score (nSPS) is 15.8. The van der Waals surface area contributed by atoms with Gasteiger partial charge in [0.1, 0.15) is 0 Å². The summed E-state index contributed by atoms with van der Waals surface area (Å²) >= 11 is 0. The highest BCUT2D eigenvalue weighted by atomic mass is 16.2. The van der Waals surface area contributed by atoms with Crippen LogP contribution in [0.4, 0.5) is 0 Å². The summed E-state index contributed by atoms with van der Waals surface area (Å²) in [4.78, 5) is 13.8. The topological polar surface area (TPSA) is 32.3 Å². The molecule has 0 unspecified atom stereocenters. The van der Waals surface area contributed by atoms with E-state index in [-0.39, 0.29) is 0 Å². The van der Waals surface area contributed by atoms with Crippen molar-refractivity contribution in [2.75, 3.05) is 19.6 Å². The summed E-state index contributed by atoms with van der Waals surface area (Å²) in [5.41, 5.74) is 0. The Morgan fingerprint density at radius 2 is 1.76 bits per heavy atom. The van der Waals surface area contributed by atoms with Gasteiger partial charge in [-0.05, 0) is 25.7 Å². The van der Waals surface area contributed by atoms with E-state index in [1.807, 2.05) is 4.90 Å². The van der Waals surface area contributed by atoms with Crippen molar-refractivity contribution in [3.05, 3.63) is 0 Å². The molecule has 0 atom stereocenters. The average molecular weight is 240 g/mol. The fourth-order valence-corrected chi connectivity index (χ4v) is 2.55. The predicted molar refractivity (Wildman–Crippen MR) is 72.0 cm³/mol. The Morgan fingerprint density at radius 1 is 1.18 bits per heavy atom. The smallest absolute Gasteiger partial charge is 0.223 e. The third-order valence-electron chi connectivity index (χ3n) is 3.50. The summed E-state index contributed by atoms with van der Waals surface area (Å²) in [7, 11) is 0. The molecular weight excluding hydrogens is 212 g/mol. The number of nitrogens with one attached hydrogen (secondary N) is 1. The Bertz CT molecular complexity index is 206. The first-order valence-corrected chi connectivity index (χ1v) is 7.29. The summed E-state index contributed by atoms with van der Waals surface area (Å²) in [5.74, 6) is 0.335. The molecule has 1 saturated heterocycles. The van der Waals surface area contributed by atoms with Crippen LogP contribution in [0, 0.1) is 0 Å². The largest absolute Gasteiger partial charge is 0.343 e. The van der Waals surface area contributed by atoms with E-state index in [0.717, 1.165) is 19.6 Å². The molecule has 17 heavy (non-hydrogen) atoms. The Morgan fingerprint density at radius 3 is 2.29 bits per heavy atom. The highest BCUT2D eigenvalue weighted by Crippen LogP contribution is 2.09. The third kappa shape index (κ3) is 5.53. The highest BCUT2D eigenvalue weighted by Gasteiger charge is 2.17. The molecule has 0 aliphatic carbocycles. The first-order valence-electron chi connectivity index (χ1n) is 7.29. The van der Waals surface area contributed by atoms with E-state index in [2.05, 4.69) is 19.2 Å². The fraction of sp³-hybridized carbons (Fsp3) is 0.929. The van der Waals surface area contributed by atoms with E-state index < -0.39 is 0 Å². The molecule has 0 radical (unpaired) electrons. The van der Waals surface area contributed by atoms with Gasteiger partial charge in [0.25, 0.3) is 0 Å². The van der Waals surface area contributed by atoms with Crippen molar-refractivity contribution in [1.82, 2.24) is 10.2 Å². The molecule has 0 aromatic carbocycles. The summed E-state index contributed by atoms with van der Waals surface area (Å²) in [6.07, 6.45) is 7.94. The lowest BCUT2D eigenvalue weighted by molar-refractivity contribution is -0.130. The first kappa shape index (κ1) is 14.5. The number of rotatable bonds is 8. The van der Waals surface area contributed by atoms with Gasteiger partial charge in [-0.3, -0.25) is 4.79 Å². The second kappa shape index (κ2) is 8.51. The van der Waals surface area contributed by atoms with Crippen molar-refractivity contribution in [2.24, 2.45) is 0 Å². The van der Waals surface area contributed by atoms with Crippen LogP contribution in [0.15, 0.2) is 0 Å². The zero-order chi connectivity index (χ0) is 12.5. The minimum absolute atomic E-state index is 0.335. The van der Waals surface area contributed by atoms with Gasteiger partial charge >= 0.3 is 0 Å². The molecule has 1 fully saturated rings. The van der Waals surface area contributed by atoms with E-state index in [9.17, 15) is 4.79 Å². The number of hydrogen-bond donors (Lipinski definition) is 1. The van der Waals surface area contributed by atoms with Crippen molar-refractivity contribution in [2.45, 2.75) is 64.8 Å². The summed E-state index contributed by atoms with van der Waals surface area (Å²) in [5, 5.41) is 3.53. The zero-order valence-electron chi connectivity index (χ0n) is 11.5. The molecule has 0 aromatic heterocycles. The van der Waals surface area contributed by atoms with Crippen LogP contribution in [0.1, 0.15) is 58.8 Å². The van der Waals surface area contributed by atoms with Crippen LogP contribution in [0.25, 0.3) is 0 Å². The van der Waals surface area contributed by atoms with Crippen LogP contribution in [-0.4, -0.2) is 36.5 Å². The summed E-state index contributed by atoms with van der Waals surface area (Å²) in [6, 6.07) is 0.608. The Kier molecular flexibility index (Phi) is 7.25. The molecule has 1 aliphatic heterocycles. The lowest BCUT2D eigenvalue weighted by Crippen LogP contribution is -2.34. The molecule has 0 spiro atoms. The van der Waals surface area contributed by atoms with Gasteiger partial charge in [0.05, 0.1) is 0 Å². The zero-order valence-corrected chi connectivity index (χ0v) is 11.5. The Labute approximate surface area is 106 Å². The monoisotopic (exact) mass is 240 g/mol. The van der Waals surface area contributed by atoms with Gasteiger partial charge in [-0.25, -0.2) is 0 Å². The number of likely N-dealkylation sites (tertiary alicyclic amines) is 1. The van der Waals surface area contributed by atoms with E-state index >= 15 is 0 Å². The molecule has 1 amide bonds. The van der Waals surface area contributed by atoms with Gasteiger partial charge in [0, 0.05) is 32.1 Å². The second-order valence-electron chi connectivity index (χ2n) is 5.07. The van der Waals surface area contributed by atoms with Gasteiger partial charge < -0.3 is 10.2 Å². The lowest BCUT2D eigenvalue weighted by atomic mass is 10.1. The van der Waals surface area contributed by atoms with E-state index in [1.54, 1.807) is 0 Å². The molecule has 1 rings (SSSR count). The first-order chi connectivity index (χ1) is 8.27. The predicted octanol–water partition coefficient (Wildman–Crippen LogP) is 2.56. The van der Waals surface area contributed by atoms with E-state index in [0.29, 0.717) is 18.4 Å². The van der Waals surface area contributed by atoms with Gasteiger partial charge in [0.2, 0.25) is 5.91 Å². The van der Waals surface area contributed by atoms with Crippen LogP contribution in [0.5, 0.6) is 0 Å². The maximum absolute atomic E-state index is 11.8. The molecule has 0 saturated carbocycles. The molecule has 0 aromatic rings. The van der Waals surface area contributed by atoms with Crippen molar-refractivity contribution in [3.63, 3.8) is 0 Å². The molecule has 1 heterocycles. The molecule has 3 heteroatoms. The van der Waals surface area contributed by atoms with Crippen molar-refractivity contribution >= 4 is 5.91 Å². The van der Waals surface area contributed by atoms with Crippen LogP contribution < -0.4 is 5.32 Å². The Hall–Kier alpha value is -0.570. The number of hydrogen-bond acceptors (Lipinski definition) is 2. The van der Waals surface area contributed by atoms with Gasteiger partial charge in [-0.2, -0.15) is 0 Å². The van der Waals surface area contributed by atoms with E-state index in [1.165, 1.54) is 38.5 Å². The molecule has 1 aliphatic rings. The minimum Gasteiger partial charge on any atom is -0.343 e. The minimum atomic E-state index is 0.335. The van der Waals surface area contributed by atoms with Crippen LogP contribution in [0.3, 0.4) is 0 Å². The van der Waals surface area contributed by atoms with Crippen LogP contribution in [-0.2, 0) is 4.79 Å². The maximum Gasteiger partial charge on any atom is 0.223 e. The molecule has 100 valence electrons. The number of amides is 1. The van der Waals surface area contributed by atoms with E-state index in [4.69, 9.17) is 0 Å². The number of nitrogens with zero attached hydrogens (tertiary/aromatic N) is 1. The van der Waals surface area contributed by atoms with Crippen molar-refractivity contribution < 1.29 is 4.79 Å². The SMILES string of the molecule is CCCC(CCC)NCCC(=O)N1CCCC1. The quantitative estimate of drug-likeness (QED) is 0.707. The number of carbonyl (C=O) groups is 1. The maximum atomic E-state index is 11.8. The van der Waals surface area contributed by atoms with Crippen LogP contribution >= 0.6 is 0 Å². The fourth-order valence-electron chi connectivity index (χ4n) is 2.55.